The molecule has 2 aromatic carbocycles. The van der Waals surface area contributed by atoms with E-state index in [-0.39, 0.29) is 17.1 Å². The number of ketones is 1. The van der Waals surface area contributed by atoms with Crippen molar-refractivity contribution in [1.29, 1.82) is 0 Å². The Bertz CT molecular complexity index is 1640. The lowest BCUT2D eigenvalue weighted by Crippen LogP contribution is -2.22. The van der Waals surface area contributed by atoms with E-state index in [0.29, 0.717) is 11.3 Å². The van der Waals surface area contributed by atoms with Gasteiger partial charge >= 0.3 is 0 Å². The lowest BCUT2D eigenvalue weighted by Gasteiger charge is -2.08. The van der Waals surface area contributed by atoms with Gasteiger partial charge in [0.15, 0.2) is 10.9 Å². The molecule has 178 valence electrons. The minimum Gasteiger partial charge on any atom is -0.322 e. The minimum absolute atomic E-state index is 0.0124. The summed E-state index contributed by atoms with van der Waals surface area (Å²) in [4.78, 5) is 31.5. The Labute approximate surface area is 207 Å². The molecule has 0 saturated heterocycles. The number of imidazole rings is 1. The number of carbonyl (C=O) groups excluding carboxylic acids is 1. The van der Waals surface area contributed by atoms with E-state index in [2.05, 4.69) is 4.98 Å². The molecule has 0 aliphatic carbocycles. The minimum atomic E-state index is -0.119. The Morgan fingerprint density at radius 2 is 1.63 bits per heavy atom. The van der Waals surface area contributed by atoms with Crippen LogP contribution in [0.5, 0.6) is 0 Å². The van der Waals surface area contributed by atoms with Gasteiger partial charge in [0.2, 0.25) is 0 Å². The van der Waals surface area contributed by atoms with Gasteiger partial charge in [0.05, 0.1) is 28.2 Å². The van der Waals surface area contributed by atoms with Crippen molar-refractivity contribution in [1.82, 2.24) is 23.5 Å². The molecule has 0 bridgehead atoms. The van der Waals surface area contributed by atoms with Gasteiger partial charge in [-0.15, -0.1) is 0 Å². The molecule has 0 saturated carbocycles. The first-order valence-corrected chi connectivity index (χ1v) is 12.4. The second-order valence-electron chi connectivity index (χ2n) is 8.68. The molecular formula is C27H27N5O2S. The fraction of sp³-hybridized carbons (Fsp3) is 0.222. The van der Waals surface area contributed by atoms with Crippen molar-refractivity contribution in [3.8, 4) is 11.4 Å². The van der Waals surface area contributed by atoms with Crippen LogP contribution in [0.15, 0.2) is 70.6 Å². The maximum atomic E-state index is 13.5. The number of carbonyl (C=O) groups is 1. The average Bonchev–Trinajstić information content (AvgIpc) is 3.41. The van der Waals surface area contributed by atoms with Crippen LogP contribution in [-0.4, -0.2) is 35.0 Å². The topological polar surface area (TPSA) is 66.8 Å². The van der Waals surface area contributed by atoms with Crippen LogP contribution in [0.3, 0.4) is 0 Å². The van der Waals surface area contributed by atoms with E-state index in [0.717, 1.165) is 39.0 Å². The second kappa shape index (κ2) is 8.78. The van der Waals surface area contributed by atoms with E-state index in [4.69, 9.17) is 0 Å². The zero-order chi connectivity index (χ0) is 24.9. The molecule has 3 heterocycles. The highest BCUT2D eigenvalue weighted by Gasteiger charge is 2.24. The Hall–Kier alpha value is -3.78. The summed E-state index contributed by atoms with van der Waals surface area (Å²) in [5.41, 5.74) is 6.27. The number of Topliss-reactive ketones (excluding diaryl/α,β-unsaturated/α-hetero) is 1. The highest BCUT2D eigenvalue weighted by Crippen LogP contribution is 2.26. The number of fused-ring (bicyclic) bond motifs is 1. The van der Waals surface area contributed by atoms with Crippen LogP contribution in [0.2, 0.25) is 0 Å². The van der Waals surface area contributed by atoms with Crippen molar-refractivity contribution in [2.75, 3.05) is 5.75 Å². The van der Waals surface area contributed by atoms with Gasteiger partial charge in [-0.05, 0) is 51.1 Å². The molecule has 5 rings (SSSR count). The fourth-order valence-corrected chi connectivity index (χ4v) is 5.53. The molecule has 0 amide bonds. The Balaban J connectivity index is 1.48. The maximum Gasteiger partial charge on any atom is 0.295 e. The highest BCUT2D eigenvalue weighted by atomic mass is 32.2. The molecule has 5 aromatic rings. The lowest BCUT2D eigenvalue weighted by molar-refractivity contribution is 0.102. The van der Waals surface area contributed by atoms with Crippen molar-refractivity contribution < 1.29 is 4.79 Å². The third-order valence-electron chi connectivity index (χ3n) is 6.56. The smallest absolute Gasteiger partial charge is 0.295 e. The van der Waals surface area contributed by atoms with E-state index in [9.17, 15) is 9.59 Å². The van der Waals surface area contributed by atoms with E-state index in [1.807, 2.05) is 109 Å². The molecule has 35 heavy (non-hydrogen) atoms. The first kappa shape index (κ1) is 23.0. The Morgan fingerprint density at radius 3 is 2.34 bits per heavy atom. The molecule has 0 aliphatic rings. The van der Waals surface area contributed by atoms with Gasteiger partial charge in [0.1, 0.15) is 5.69 Å². The van der Waals surface area contributed by atoms with E-state index >= 15 is 0 Å². The average molecular weight is 486 g/mol. The van der Waals surface area contributed by atoms with Crippen LogP contribution in [-0.2, 0) is 14.1 Å². The van der Waals surface area contributed by atoms with Crippen molar-refractivity contribution in [3.05, 3.63) is 93.7 Å². The number of rotatable bonds is 6. The molecule has 8 heteroatoms. The first-order valence-electron chi connectivity index (χ1n) is 11.4. The molecule has 0 radical (unpaired) electrons. The molecule has 0 fully saturated rings. The number of hydrogen-bond donors (Lipinski definition) is 0. The van der Waals surface area contributed by atoms with Crippen molar-refractivity contribution in [2.24, 2.45) is 14.1 Å². The molecule has 0 aliphatic heterocycles. The SMILES string of the molecule is Cc1cc(C(=O)CSc2nc3ccccc3n2C)c(C)n1-c1c(C)n(C)n(-c2ccccc2)c1=O. The number of nitrogens with zero attached hydrogens (tertiary/aromatic N) is 5. The quantitative estimate of drug-likeness (QED) is 0.257. The van der Waals surface area contributed by atoms with Crippen LogP contribution in [0.4, 0.5) is 0 Å². The zero-order valence-electron chi connectivity index (χ0n) is 20.4. The third-order valence-corrected chi connectivity index (χ3v) is 7.59. The van der Waals surface area contributed by atoms with Gasteiger partial charge < -0.3 is 9.13 Å². The predicted molar refractivity (Wildman–Crippen MR) is 140 cm³/mol. The summed E-state index contributed by atoms with van der Waals surface area (Å²) in [6, 6.07) is 19.4. The fourth-order valence-electron chi connectivity index (χ4n) is 4.66. The Morgan fingerprint density at radius 1 is 0.943 bits per heavy atom. The van der Waals surface area contributed by atoms with Gasteiger partial charge in [-0.2, -0.15) is 0 Å². The van der Waals surface area contributed by atoms with Gasteiger partial charge in [-0.25, -0.2) is 9.67 Å². The summed E-state index contributed by atoms with van der Waals surface area (Å²) in [6.07, 6.45) is 0. The molecule has 0 spiro atoms. The lowest BCUT2D eigenvalue weighted by atomic mass is 10.2. The van der Waals surface area contributed by atoms with Crippen LogP contribution in [0.25, 0.3) is 22.4 Å². The van der Waals surface area contributed by atoms with Gasteiger partial charge in [0.25, 0.3) is 5.56 Å². The molecule has 0 N–H and O–H groups in total. The van der Waals surface area contributed by atoms with Crippen LogP contribution in [0, 0.1) is 20.8 Å². The van der Waals surface area contributed by atoms with Gasteiger partial charge in [-0.3, -0.25) is 14.3 Å². The van der Waals surface area contributed by atoms with Gasteiger partial charge in [-0.1, -0.05) is 42.1 Å². The monoisotopic (exact) mass is 485 g/mol. The van der Waals surface area contributed by atoms with E-state index in [1.165, 1.54) is 11.8 Å². The number of thioether (sulfide) groups is 1. The Kier molecular flexibility index (Phi) is 5.76. The predicted octanol–water partition coefficient (Wildman–Crippen LogP) is 4.75. The molecule has 0 unspecified atom stereocenters. The summed E-state index contributed by atoms with van der Waals surface area (Å²) in [5, 5.41) is 0.804. The van der Waals surface area contributed by atoms with Gasteiger partial charge in [0, 0.05) is 31.0 Å². The van der Waals surface area contributed by atoms with E-state index in [1.54, 1.807) is 4.68 Å². The van der Waals surface area contributed by atoms with Crippen LogP contribution in [0.1, 0.15) is 27.4 Å². The number of aryl methyl sites for hydroxylation is 2. The number of aromatic nitrogens is 5. The number of hydrogen-bond acceptors (Lipinski definition) is 4. The highest BCUT2D eigenvalue weighted by molar-refractivity contribution is 7.99. The van der Waals surface area contributed by atoms with E-state index < -0.39 is 0 Å². The number of benzene rings is 2. The molecule has 3 aromatic heterocycles. The van der Waals surface area contributed by atoms with Crippen LogP contribution >= 0.6 is 11.8 Å². The molecule has 7 nitrogen and oxygen atoms in total. The summed E-state index contributed by atoms with van der Waals surface area (Å²) in [6.45, 7) is 5.76. The van der Waals surface area contributed by atoms with Crippen molar-refractivity contribution in [3.63, 3.8) is 0 Å². The third kappa shape index (κ3) is 3.74. The molecular weight excluding hydrogens is 458 g/mol. The normalized spacial score (nSPS) is 11.5. The summed E-state index contributed by atoms with van der Waals surface area (Å²) in [5.74, 6) is 0.280. The summed E-state index contributed by atoms with van der Waals surface area (Å²) in [7, 11) is 3.84. The van der Waals surface area contributed by atoms with Crippen molar-refractivity contribution in [2.45, 2.75) is 25.9 Å². The molecule has 0 atom stereocenters. The summed E-state index contributed by atoms with van der Waals surface area (Å²) >= 11 is 1.43. The van der Waals surface area contributed by atoms with Crippen LogP contribution < -0.4 is 5.56 Å². The standard InChI is InChI=1S/C27H27N5O2S/c1-17-15-21(24(33)16-35-27-28-22-13-9-10-14-23(22)29(27)4)18(2)31(17)25-19(3)30(5)32(26(25)34)20-11-7-6-8-12-20/h6-15H,16H2,1-5H3. The van der Waals surface area contributed by atoms with Crippen molar-refractivity contribution >= 4 is 28.6 Å². The second-order valence-corrected chi connectivity index (χ2v) is 9.63. The summed E-state index contributed by atoms with van der Waals surface area (Å²) < 4.78 is 7.43. The first-order chi connectivity index (χ1) is 16.8. The largest absolute Gasteiger partial charge is 0.322 e. The maximum absolute atomic E-state index is 13.5. The zero-order valence-corrected chi connectivity index (χ0v) is 21.3. The number of para-hydroxylation sites is 3.